The molecule has 0 spiro atoms. The minimum absolute atomic E-state index is 0.0733. The van der Waals surface area contributed by atoms with Crippen molar-refractivity contribution < 1.29 is 4.79 Å². The monoisotopic (exact) mass is 234 g/mol. The van der Waals surface area contributed by atoms with Crippen molar-refractivity contribution in [2.75, 3.05) is 6.54 Å². The molecule has 94 valence electrons. The molecule has 0 aliphatic carbocycles. The largest absolute Gasteiger partial charge is 0.348 e. The molecule has 0 saturated carbocycles. The lowest BCUT2D eigenvalue weighted by Gasteiger charge is -2.17. The van der Waals surface area contributed by atoms with Crippen molar-refractivity contribution in [2.24, 2.45) is 11.7 Å². The summed E-state index contributed by atoms with van der Waals surface area (Å²) in [5.74, 6) is 0.631. The van der Waals surface area contributed by atoms with Crippen molar-refractivity contribution in [3.05, 3.63) is 35.9 Å². The second-order valence-corrected chi connectivity index (χ2v) is 4.70. The lowest BCUT2D eigenvalue weighted by molar-refractivity contribution is -0.122. The zero-order chi connectivity index (χ0) is 12.7. The second-order valence-electron chi connectivity index (χ2n) is 4.70. The van der Waals surface area contributed by atoms with Crippen molar-refractivity contribution in [1.82, 2.24) is 5.32 Å². The molecule has 0 heterocycles. The van der Waals surface area contributed by atoms with E-state index >= 15 is 0 Å². The Morgan fingerprint density at radius 2 is 1.94 bits per heavy atom. The Labute approximate surface area is 103 Å². The van der Waals surface area contributed by atoms with Crippen molar-refractivity contribution in [1.29, 1.82) is 0 Å². The Hall–Kier alpha value is -1.35. The molecule has 0 aliphatic heterocycles. The van der Waals surface area contributed by atoms with Gasteiger partial charge in [-0.05, 0) is 17.9 Å². The molecule has 0 fully saturated rings. The highest BCUT2D eigenvalue weighted by atomic mass is 16.1. The number of rotatable bonds is 6. The van der Waals surface area contributed by atoms with Crippen LogP contribution in [0.2, 0.25) is 0 Å². The van der Waals surface area contributed by atoms with E-state index in [1.54, 1.807) is 0 Å². The number of amides is 1. The van der Waals surface area contributed by atoms with Crippen molar-refractivity contribution in [3.8, 4) is 0 Å². The highest BCUT2D eigenvalue weighted by Crippen LogP contribution is 2.12. The van der Waals surface area contributed by atoms with Crippen molar-refractivity contribution in [2.45, 2.75) is 32.7 Å². The van der Waals surface area contributed by atoms with Gasteiger partial charge in [-0.1, -0.05) is 44.2 Å². The summed E-state index contributed by atoms with van der Waals surface area (Å²) in [6.45, 7) is 4.66. The average molecular weight is 234 g/mol. The number of benzene rings is 1. The number of hydrogen-bond acceptors (Lipinski definition) is 2. The van der Waals surface area contributed by atoms with Gasteiger partial charge in [0, 0.05) is 13.0 Å². The van der Waals surface area contributed by atoms with E-state index in [0.29, 0.717) is 18.9 Å². The number of carbonyl (C=O) groups excluding carboxylic acids is 1. The molecule has 1 atom stereocenters. The highest BCUT2D eigenvalue weighted by Gasteiger charge is 2.12. The van der Waals surface area contributed by atoms with Crippen LogP contribution in [0.1, 0.15) is 38.3 Å². The Balaban J connectivity index is 2.50. The first kappa shape index (κ1) is 13.7. The molecular formula is C14H22N2O. The molecule has 1 amide bonds. The van der Waals surface area contributed by atoms with Crippen LogP contribution < -0.4 is 11.1 Å². The molecule has 3 N–H and O–H groups in total. The summed E-state index contributed by atoms with van der Waals surface area (Å²) in [6, 6.07) is 9.77. The molecule has 3 heteroatoms. The molecule has 1 aromatic carbocycles. The third kappa shape index (κ3) is 5.00. The third-order valence-corrected chi connectivity index (χ3v) is 2.72. The molecule has 1 unspecified atom stereocenters. The molecule has 0 bridgehead atoms. The minimum Gasteiger partial charge on any atom is -0.348 e. The van der Waals surface area contributed by atoms with Crippen LogP contribution in [0.4, 0.5) is 0 Å². The quantitative estimate of drug-likeness (QED) is 0.793. The van der Waals surface area contributed by atoms with Gasteiger partial charge in [-0.2, -0.15) is 0 Å². The maximum absolute atomic E-state index is 11.7. The van der Waals surface area contributed by atoms with Gasteiger partial charge >= 0.3 is 0 Å². The van der Waals surface area contributed by atoms with E-state index in [0.717, 1.165) is 12.0 Å². The van der Waals surface area contributed by atoms with Crippen LogP contribution in [-0.4, -0.2) is 12.5 Å². The zero-order valence-electron chi connectivity index (χ0n) is 10.6. The fourth-order valence-electron chi connectivity index (χ4n) is 1.65. The van der Waals surface area contributed by atoms with Gasteiger partial charge in [0.25, 0.3) is 0 Å². The summed E-state index contributed by atoms with van der Waals surface area (Å²) in [6.07, 6.45) is 1.49. The van der Waals surface area contributed by atoms with Crippen LogP contribution in [0.3, 0.4) is 0 Å². The molecule has 0 radical (unpaired) electrons. The first-order chi connectivity index (χ1) is 8.13. The van der Waals surface area contributed by atoms with Gasteiger partial charge in [-0.3, -0.25) is 4.79 Å². The van der Waals surface area contributed by atoms with E-state index in [1.807, 2.05) is 30.3 Å². The van der Waals surface area contributed by atoms with E-state index in [2.05, 4.69) is 19.2 Å². The standard InChI is InChI=1S/C14H22N2O/c1-11(2)8-9-14(17)16-13(10-15)12-6-4-3-5-7-12/h3-7,11,13H,8-10,15H2,1-2H3,(H,16,17). The van der Waals surface area contributed by atoms with E-state index in [1.165, 1.54) is 0 Å². The van der Waals surface area contributed by atoms with Crippen LogP contribution in [-0.2, 0) is 4.79 Å². The Kier molecular flexibility index (Phi) is 5.70. The number of nitrogens with one attached hydrogen (secondary N) is 1. The van der Waals surface area contributed by atoms with Gasteiger partial charge in [0.05, 0.1) is 6.04 Å². The highest BCUT2D eigenvalue weighted by molar-refractivity contribution is 5.76. The summed E-state index contributed by atoms with van der Waals surface area (Å²) < 4.78 is 0. The summed E-state index contributed by atoms with van der Waals surface area (Å²) >= 11 is 0. The van der Waals surface area contributed by atoms with Gasteiger partial charge in [0.1, 0.15) is 0 Å². The number of nitrogens with two attached hydrogens (primary N) is 1. The van der Waals surface area contributed by atoms with E-state index in [4.69, 9.17) is 5.73 Å². The van der Waals surface area contributed by atoms with Gasteiger partial charge in [0.2, 0.25) is 5.91 Å². The van der Waals surface area contributed by atoms with Gasteiger partial charge < -0.3 is 11.1 Å². The van der Waals surface area contributed by atoms with Crippen LogP contribution in [0.25, 0.3) is 0 Å². The third-order valence-electron chi connectivity index (χ3n) is 2.72. The molecule has 0 aromatic heterocycles. The van der Waals surface area contributed by atoms with E-state index < -0.39 is 0 Å². The maximum Gasteiger partial charge on any atom is 0.220 e. The predicted molar refractivity (Wildman–Crippen MR) is 70.5 cm³/mol. The normalized spacial score (nSPS) is 12.5. The fourth-order valence-corrected chi connectivity index (χ4v) is 1.65. The predicted octanol–water partition coefficient (Wildman–Crippen LogP) is 2.24. The average Bonchev–Trinajstić information content (AvgIpc) is 2.34. The Morgan fingerprint density at radius 3 is 2.47 bits per heavy atom. The lowest BCUT2D eigenvalue weighted by atomic mass is 10.1. The first-order valence-electron chi connectivity index (χ1n) is 6.18. The molecule has 1 aromatic rings. The summed E-state index contributed by atoms with van der Waals surface area (Å²) in [5.41, 5.74) is 6.76. The van der Waals surface area contributed by atoms with Gasteiger partial charge in [-0.15, -0.1) is 0 Å². The van der Waals surface area contributed by atoms with Crippen molar-refractivity contribution in [3.63, 3.8) is 0 Å². The summed E-state index contributed by atoms with van der Waals surface area (Å²) in [5, 5.41) is 2.97. The molecule has 0 saturated heterocycles. The number of carbonyl (C=O) groups is 1. The summed E-state index contributed by atoms with van der Waals surface area (Å²) in [4.78, 5) is 11.7. The van der Waals surface area contributed by atoms with Gasteiger partial charge in [-0.25, -0.2) is 0 Å². The first-order valence-corrected chi connectivity index (χ1v) is 6.18. The molecule has 3 nitrogen and oxygen atoms in total. The topological polar surface area (TPSA) is 55.1 Å². The van der Waals surface area contributed by atoms with E-state index in [9.17, 15) is 4.79 Å². The SMILES string of the molecule is CC(C)CCC(=O)NC(CN)c1ccccc1. The van der Waals surface area contributed by atoms with Crippen LogP contribution in [0.5, 0.6) is 0 Å². The Bertz CT molecular complexity index is 335. The van der Waals surface area contributed by atoms with Crippen LogP contribution in [0, 0.1) is 5.92 Å². The molecule has 0 aliphatic rings. The van der Waals surface area contributed by atoms with Crippen LogP contribution >= 0.6 is 0 Å². The smallest absolute Gasteiger partial charge is 0.220 e. The van der Waals surface area contributed by atoms with Gasteiger partial charge in [0.15, 0.2) is 0 Å². The fraction of sp³-hybridized carbons (Fsp3) is 0.500. The molecular weight excluding hydrogens is 212 g/mol. The molecule has 1 rings (SSSR count). The lowest BCUT2D eigenvalue weighted by Crippen LogP contribution is -2.33. The van der Waals surface area contributed by atoms with Crippen molar-refractivity contribution >= 4 is 5.91 Å². The Morgan fingerprint density at radius 1 is 1.29 bits per heavy atom. The number of hydrogen-bond donors (Lipinski definition) is 2. The maximum atomic E-state index is 11.7. The zero-order valence-corrected chi connectivity index (χ0v) is 10.6. The van der Waals surface area contributed by atoms with Crippen LogP contribution in [0.15, 0.2) is 30.3 Å². The minimum atomic E-state index is -0.0733. The summed E-state index contributed by atoms with van der Waals surface area (Å²) in [7, 11) is 0. The van der Waals surface area contributed by atoms with E-state index in [-0.39, 0.29) is 11.9 Å². The second kappa shape index (κ2) is 7.07. The molecule has 17 heavy (non-hydrogen) atoms.